The molecular formula is C36H30N4O18. The molecule has 302 valence electrons. The first kappa shape index (κ1) is 39.9. The second-order valence-electron chi connectivity index (χ2n) is 11.9. The molecule has 3 heterocycles. The number of carbonyl (C=O) groups is 3. The van der Waals surface area contributed by atoms with E-state index in [1.807, 2.05) is 0 Å². The van der Waals surface area contributed by atoms with Gasteiger partial charge in [0.05, 0.1) is 37.5 Å². The predicted molar refractivity (Wildman–Crippen MR) is 196 cm³/mol. The third kappa shape index (κ3) is 8.11. The highest BCUT2D eigenvalue weighted by Crippen LogP contribution is 2.25. The largest absolute Gasteiger partial charge is 0.513 e. The van der Waals surface area contributed by atoms with Crippen LogP contribution in [0.1, 0.15) is 0 Å². The Morgan fingerprint density at radius 1 is 0.483 bits per heavy atom. The normalized spacial score (nSPS) is 11.2. The van der Waals surface area contributed by atoms with E-state index < -0.39 is 52.4 Å². The molecule has 3 aromatic heterocycles. The molecule has 0 saturated carbocycles. The first-order chi connectivity index (χ1) is 27.8. The molecule has 0 atom stereocenters. The summed E-state index contributed by atoms with van der Waals surface area (Å²) in [5, 5.41) is -0.377. The Morgan fingerprint density at radius 2 is 0.759 bits per heavy atom. The number of rotatable bonds is 12. The standard InChI is InChI=1S/C36H30N4O18/c1-50-34(47)53-22-10-4-7-19-25(22)56-31(44)38(28(19)41)16-13-37(14-17-39-29(42)20-8-5-11-23(54-35(48)51-2)26(20)57-32(39)45)15-18-40-30(43)21-9-6-12-24(55-36(49)52-3)27(21)58-33(40)46/h4-12H,13-18H2,1-3H3. The maximum atomic E-state index is 13.5. The summed E-state index contributed by atoms with van der Waals surface area (Å²) in [6.07, 6.45) is -3.38. The third-order valence-corrected chi connectivity index (χ3v) is 8.59. The third-order valence-electron chi connectivity index (χ3n) is 8.59. The topological polar surface area (TPSA) is 266 Å². The average Bonchev–Trinajstić information content (AvgIpc) is 3.20. The van der Waals surface area contributed by atoms with Gasteiger partial charge in [0.2, 0.25) is 0 Å². The summed E-state index contributed by atoms with van der Waals surface area (Å²) >= 11 is 0. The molecular weight excluding hydrogens is 776 g/mol. The van der Waals surface area contributed by atoms with Crippen molar-refractivity contribution in [3.05, 3.63) is 117 Å². The lowest BCUT2D eigenvalue weighted by Crippen LogP contribution is -2.43. The van der Waals surface area contributed by atoms with E-state index in [2.05, 4.69) is 14.2 Å². The van der Waals surface area contributed by atoms with Crippen molar-refractivity contribution in [3.8, 4) is 17.2 Å². The van der Waals surface area contributed by atoms with Gasteiger partial charge in [-0.2, -0.15) is 0 Å². The molecule has 22 heteroatoms. The summed E-state index contributed by atoms with van der Waals surface area (Å²) in [7, 11) is 3.18. The number of ether oxygens (including phenoxy) is 6. The second kappa shape index (κ2) is 16.9. The van der Waals surface area contributed by atoms with Gasteiger partial charge in [0.15, 0.2) is 34.0 Å². The molecule has 3 aromatic carbocycles. The maximum absolute atomic E-state index is 13.5. The molecule has 6 rings (SSSR count). The van der Waals surface area contributed by atoms with Gasteiger partial charge in [0.25, 0.3) is 16.7 Å². The number of hydrogen-bond donors (Lipinski definition) is 0. The van der Waals surface area contributed by atoms with Crippen molar-refractivity contribution in [3.63, 3.8) is 0 Å². The van der Waals surface area contributed by atoms with Crippen LogP contribution < -0.4 is 48.2 Å². The monoisotopic (exact) mass is 806 g/mol. The zero-order valence-corrected chi connectivity index (χ0v) is 30.6. The van der Waals surface area contributed by atoms with Crippen LogP contribution >= 0.6 is 0 Å². The van der Waals surface area contributed by atoms with Gasteiger partial charge < -0.3 is 41.7 Å². The van der Waals surface area contributed by atoms with Crippen LogP contribution in [0.4, 0.5) is 14.4 Å². The summed E-state index contributed by atoms with van der Waals surface area (Å²) in [6.45, 7) is -1.60. The summed E-state index contributed by atoms with van der Waals surface area (Å²) in [4.78, 5) is 117. The maximum Gasteiger partial charge on any atom is 0.513 e. The first-order valence-electron chi connectivity index (χ1n) is 16.8. The smallest absolute Gasteiger partial charge is 0.437 e. The molecule has 22 nitrogen and oxygen atoms in total. The van der Waals surface area contributed by atoms with Gasteiger partial charge in [-0.15, -0.1) is 0 Å². The number of fused-ring (bicyclic) bond motifs is 3. The summed E-state index contributed by atoms with van der Waals surface area (Å²) in [5.74, 6) is -4.15. The lowest BCUT2D eigenvalue weighted by Gasteiger charge is -2.23. The predicted octanol–water partition coefficient (Wildman–Crippen LogP) is 1.63. The van der Waals surface area contributed by atoms with E-state index in [4.69, 9.17) is 27.5 Å². The number of nitrogens with zero attached hydrogens (tertiary/aromatic N) is 4. The Bertz CT molecular complexity index is 2640. The van der Waals surface area contributed by atoms with Crippen LogP contribution in [0.25, 0.3) is 32.9 Å². The van der Waals surface area contributed by atoms with E-state index in [0.717, 1.165) is 35.0 Å². The van der Waals surface area contributed by atoms with Crippen LogP contribution in [0.2, 0.25) is 0 Å². The first-order valence-corrected chi connectivity index (χ1v) is 16.8. The van der Waals surface area contributed by atoms with Crippen LogP contribution in [0.15, 0.2) is 96.6 Å². The summed E-state index contributed by atoms with van der Waals surface area (Å²) in [6, 6.07) is 12.0. The molecule has 58 heavy (non-hydrogen) atoms. The lowest BCUT2D eigenvalue weighted by atomic mass is 10.2. The zero-order valence-electron chi connectivity index (χ0n) is 30.6. The number of methoxy groups -OCH3 is 3. The quantitative estimate of drug-likeness (QED) is 0.0966. The van der Waals surface area contributed by atoms with E-state index in [1.165, 1.54) is 59.5 Å². The van der Waals surface area contributed by atoms with Crippen molar-refractivity contribution in [2.75, 3.05) is 41.0 Å². The molecule has 0 radical (unpaired) electrons. The van der Waals surface area contributed by atoms with Crippen molar-refractivity contribution < 1.29 is 56.1 Å². The molecule has 0 aliphatic heterocycles. The Balaban J connectivity index is 1.33. The fourth-order valence-corrected chi connectivity index (χ4v) is 5.75. The zero-order chi connectivity index (χ0) is 41.7. The fourth-order valence-electron chi connectivity index (χ4n) is 5.75. The molecule has 6 aromatic rings. The molecule has 0 unspecified atom stereocenters. The minimum absolute atomic E-state index is 0.126. The van der Waals surface area contributed by atoms with Gasteiger partial charge in [-0.05, 0) is 36.4 Å². The Morgan fingerprint density at radius 3 is 1.02 bits per heavy atom. The van der Waals surface area contributed by atoms with E-state index in [-0.39, 0.29) is 89.4 Å². The number of para-hydroxylation sites is 3. The van der Waals surface area contributed by atoms with E-state index in [1.54, 1.807) is 0 Å². The minimum atomic E-state index is -1.13. The van der Waals surface area contributed by atoms with Crippen molar-refractivity contribution >= 4 is 51.4 Å². The molecule has 0 aliphatic rings. The molecule has 0 spiro atoms. The van der Waals surface area contributed by atoms with Crippen LogP contribution in [-0.2, 0) is 33.8 Å². The highest BCUT2D eigenvalue weighted by molar-refractivity contribution is 5.85. The van der Waals surface area contributed by atoms with E-state index in [0.29, 0.717) is 0 Å². The molecule has 0 saturated heterocycles. The van der Waals surface area contributed by atoms with Crippen molar-refractivity contribution in [2.24, 2.45) is 0 Å². The van der Waals surface area contributed by atoms with Crippen molar-refractivity contribution in [2.45, 2.75) is 19.6 Å². The number of hydrogen-bond acceptors (Lipinski definition) is 19. The summed E-state index contributed by atoms with van der Waals surface area (Å²) in [5.41, 5.74) is -3.43. The van der Waals surface area contributed by atoms with E-state index >= 15 is 0 Å². The highest BCUT2D eigenvalue weighted by atomic mass is 16.7. The Labute approximate surface area is 321 Å². The van der Waals surface area contributed by atoms with Crippen LogP contribution in [0.5, 0.6) is 17.2 Å². The SMILES string of the molecule is COC(=O)Oc1cccc2c(=O)n(CCN(CCn3c(=O)oc4c(OC(=O)OC)cccc4c3=O)CCn3c(=O)oc4c(OC(=O)OC)cccc4c3=O)c(=O)oc12. The number of aromatic nitrogens is 3. The molecule has 0 N–H and O–H groups in total. The highest BCUT2D eigenvalue weighted by Gasteiger charge is 2.21. The van der Waals surface area contributed by atoms with Crippen LogP contribution in [0.3, 0.4) is 0 Å². The minimum Gasteiger partial charge on any atom is -0.437 e. The Kier molecular flexibility index (Phi) is 11.7. The van der Waals surface area contributed by atoms with Crippen molar-refractivity contribution in [1.29, 1.82) is 0 Å². The molecule has 0 amide bonds. The van der Waals surface area contributed by atoms with E-state index in [9.17, 15) is 43.2 Å². The lowest BCUT2D eigenvalue weighted by molar-refractivity contribution is 0.120. The molecule has 0 bridgehead atoms. The van der Waals surface area contributed by atoms with Gasteiger partial charge in [0.1, 0.15) is 0 Å². The number of benzene rings is 3. The van der Waals surface area contributed by atoms with Crippen LogP contribution in [-0.4, -0.2) is 78.0 Å². The average molecular weight is 807 g/mol. The van der Waals surface area contributed by atoms with Gasteiger partial charge in [-0.1, -0.05) is 18.2 Å². The van der Waals surface area contributed by atoms with Gasteiger partial charge in [-0.25, -0.2) is 42.5 Å². The molecule has 0 aliphatic carbocycles. The fraction of sp³-hybridized carbons (Fsp3) is 0.250. The van der Waals surface area contributed by atoms with Crippen molar-refractivity contribution in [1.82, 2.24) is 18.6 Å². The van der Waals surface area contributed by atoms with Gasteiger partial charge in [-0.3, -0.25) is 19.3 Å². The molecule has 0 fully saturated rings. The number of carbonyl (C=O) groups excluding carboxylic acids is 3. The summed E-state index contributed by atoms with van der Waals surface area (Å²) < 4.78 is 46.7. The van der Waals surface area contributed by atoms with Gasteiger partial charge >= 0.3 is 35.7 Å². The van der Waals surface area contributed by atoms with Crippen LogP contribution in [0, 0.1) is 0 Å². The van der Waals surface area contributed by atoms with Gasteiger partial charge in [0, 0.05) is 39.3 Å². The second-order valence-corrected chi connectivity index (χ2v) is 11.9. The Hall–Kier alpha value is -7.75.